The third kappa shape index (κ3) is 1.12. The minimum atomic E-state index is -0.473. The molecule has 0 fully saturated rings. The van der Waals surface area contributed by atoms with Crippen LogP contribution in [-0.4, -0.2) is 30.0 Å². The fraction of sp³-hybridized carbons (Fsp3) is 0.167. The zero-order valence-corrected chi connectivity index (χ0v) is 8.15. The van der Waals surface area contributed by atoms with Crippen molar-refractivity contribution in [2.45, 2.75) is 0 Å². The van der Waals surface area contributed by atoms with Crippen molar-refractivity contribution in [2.75, 3.05) is 0 Å². The molecule has 0 atom stereocenters. The third-order valence-corrected chi connectivity index (χ3v) is 2.14. The van der Waals surface area contributed by atoms with E-state index in [2.05, 4.69) is 31.0 Å². The van der Waals surface area contributed by atoms with E-state index < -0.39 is 6.01 Å². The summed E-state index contributed by atoms with van der Waals surface area (Å²) in [6, 6.07) is -0.473. The molecule has 0 saturated heterocycles. The average molecular weight is 245 g/mol. The predicted octanol–water partition coefficient (Wildman–Crippen LogP) is 0.537. The number of rotatable bonds is 0. The van der Waals surface area contributed by atoms with E-state index in [0.717, 1.165) is 0 Å². The van der Waals surface area contributed by atoms with E-state index in [1.54, 1.807) is 7.05 Å². The summed E-state index contributed by atoms with van der Waals surface area (Å²) in [7, 11) is 1.65. The number of aromatic nitrogens is 4. The van der Waals surface area contributed by atoms with Gasteiger partial charge in [0.25, 0.3) is 0 Å². The summed E-state index contributed by atoms with van der Waals surface area (Å²) in [6.45, 7) is 0. The van der Waals surface area contributed by atoms with Gasteiger partial charge in [-0.3, -0.25) is 4.68 Å². The van der Waals surface area contributed by atoms with E-state index in [0.29, 0.717) is 15.6 Å². The lowest BCUT2D eigenvalue weighted by Crippen LogP contribution is -1.91. The summed E-state index contributed by atoms with van der Waals surface area (Å²) in [5.74, 6) is -0.289. The number of halogens is 1. The first-order valence-corrected chi connectivity index (χ1v) is 4.17. The van der Waals surface area contributed by atoms with Crippen LogP contribution in [-0.2, 0) is 7.05 Å². The van der Waals surface area contributed by atoms with Crippen molar-refractivity contribution in [2.24, 2.45) is 7.05 Å². The van der Waals surface area contributed by atoms with Crippen LogP contribution in [0.5, 0.6) is 11.9 Å². The molecule has 2 aromatic heterocycles. The molecule has 68 valence electrons. The summed E-state index contributed by atoms with van der Waals surface area (Å²) in [5, 5.41) is 22.3. The van der Waals surface area contributed by atoms with Crippen LogP contribution in [0.2, 0.25) is 0 Å². The van der Waals surface area contributed by atoms with E-state index in [1.807, 2.05) is 0 Å². The Hall–Kier alpha value is -1.37. The van der Waals surface area contributed by atoms with Crippen molar-refractivity contribution >= 4 is 27.0 Å². The Morgan fingerprint density at radius 1 is 1.31 bits per heavy atom. The smallest absolute Gasteiger partial charge is 0.317 e. The Balaban J connectivity index is 2.97. The van der Waals surface area contributed by atoms with Crippen LogP contribution < -0.4 is 0 Å². The van der Waals surface area contributed by atoms with Crippen LogP contribution >= 0.6 is 15.9 Å². The van der Waals surface area contributed by atoms with E-state index >= 15 is 0 Å². The van der Waals surface area contributed by atoms with Crippen LogP contribution in [0.3, 0.4) is 0 Å². The lowest BCUT2D eigenvalue weighted by Gasteiger charge is -1.96. The molecular weight excluding hydrogens is 240 g/mol. The van der Waals surface area contributed by atoms with Gasteiger partial charge in [-0.1, -0.05) is 0 Å². The van der Waals surface area contributed by atoms with Gasteiger partial charge in [0.1, 0.15) is 11.0 Å². The van der Waals surface area contributed by atoms with Gasteiger partial charge in [0, 0.05) is 7.05 Å². The zero-order valence-electron chi connectivity index (χ0n) is 6.56. The Morgan fingerprint density at radius 2 is 2.00 bits per heavy atom. The Bertz CT molecular complexity index is 481. The van der Waals surface area contributed by atoms with E-state index in [9.17, 15) is 5.11 Å². The number of hydrogen-bond donors (Lipinski definition) is 2. The zero-order chi connectivity index (χ0) is 9.59. The molecule has 6 nitrogen and oxygen atoms in total. The van der Waals surface area contributed by atoms with E-state index in [1.165, 1.54) is 4.68 Å². The molecule has 0 aromatic carbocycles. The highest BCUT2D eigenvalue weighted by molar-refractivity contribution is 9.10. The molecule has 0 radical (unpaired) electrons. The number of hydrogen-bond acceptors (Lipinski definition) is 5. The molecule has 7 heteroatoms. The van der Waals surface area contributed by atoms with Crippen LogP contribution in [0, 0.1) is 0 Å². The van der Waals surface area contributed by atoms with Gasteiger partial charge in [-0.25, -0.2) is 0 Å². The number of fused-ring (bicyclic) bond motifs is 1. The van der Waals surface area contributed by atoms with Gasteiger partial charge in [-0.2, -0.15) is 15.1 Å². The molecular formula is C6H5BrN4O2. The first kappa shape index (κ1) is 8.24. The number of aryl methyl sites for hydroxylation is 1. The molecule has 0 aliphatic heterocycles. The summed E-state index contributed by atoms with van der Waals surface area (Å²) < 4.78 is 1.88. The van der Waals surface area contributed by atoms with Gasteiger partial charge in [0.15, 0.2) is 4.60 Å². The van der Waals surface area contributed by atoms with Crippen molar-refractivity contribution in [1.29, 1.82) is 0 Å². The van der Waals surface area contributed by atoms with Crippen molar-refractivity contribution in [3.05, 3.63) is 4.60 Å². The van der Waals surface area contributed by atoms with Gasteiger partial charge in [0.2, 0.25) is 5.88 Å². The van der Waals surface area contributed by atoms with Gasteiger partial charge in [0.05, 0.1) is 0 Å². The standard InChI is InChI=1S/C6H5BrN4O2/c1-11-3-2(4(7)10-11)8-6(13)9-5(3)12/h1H3,(H2,8,9,12,13). The lowest BCUT2D eigenvalue weighted by molar-refractivity contribution is 0.402. The van der Waals surface area contributed by atoms with Crippen LogP contribution in [0.4, 0.5) is 0 Å². The highest BCUT2D eigenvalue weighted by atomic mass is 79.9. The normalized spacial score (nSPS) is 10.9. The van der Waals surface area contributed by atoms with Crippen molar-refractivity contribution in [1.82, 2.24) is 19.7 Å². The minimum Gasteiger partial charge on any atom is -0.492 e. The Morgan fingerprint density at radius 3 is 2.69 bits per heavy atom. The molecule has 0 bridgehead atoms. The molecule has 2 heterocycles. The van der Waals surface area contributed by atoms with Crippen LogP contribution in [0.25, 0.3) is 11.0 Å². The molecule has 13 heavy (non-hydrogen) atoms. The fourth-order valence-electron chi connectivity index (χ4n) is 1.10. The lowest BCUT2D eigenvalue weighted by atomic mass is 10.4. The second-order valence-corrected chi connectivity index (χ2v) is 3.21. The summed E-state index contributed by atoms with van der Waals surface area (Å²) in [6.07, 6.45) is 0. The Labute approximate surface area is 81.0 Å². The second-order valence-electron chi connectivity index (χ2n) is 2.46. The summed E-state index contributed by atoms with van der Waals surface area (Å²) in [5.41, 5.74) is 0.761. The van der Waals surface area contributed by atoms with Crippen molar-refractivity contribution in [3.63, 3.8) is 0 Å². The van der Waals surface area contributed by atoms with Crippen molar-refractivity contribution in [3.8, 4) is 11.9 Å². The maximum Gasteiger partial charge on any atom is 0.317 e. The molecule has 2 N–H and O–H groups in total. The molecule has 0 unspecified atom stereocenters. The van der Waals surface area contributed by atoms with Gasteiger partial charge < -0.3 is 10.2 Å². The topological polar surface area (TPSA) is 84.1 Å². The molecule has 0 aliphatic carbocycles. The SMILES string of the molecule is Cn1nc(Br)c2nc(O)nc(O)c21. The number of aromatic hydroxyl groups is 2. The summed E-state index contributed by atoms with van der Waals surface area (Å²) in [4.78, 5) is 7.11. The van der Waals surface area contributed by atoms with E-state index in [4.69, 9.17) is 5.11 Å². The first-order chi connectivity index (χ1) is 6.09. The molecule has 0 amide bonds. The molecule has 2 aromatic rings. The maximum atomic E-state index is 9.35. The van der Waals surface area contributed by atoms with Gasteiger partial charge in [-0.15, -0.1) is 0 Å². The molecule has 0 spiro atoms. The largest absolute Gasteiger partial charge is 0.492 e. The van der Waals surface area contributed by atoms with Crippen LogP contribution in [0.1, 0.15) is 0 Å². The van der Waals surface area contributed by atoms with E-state index in [-0.39, 0.29) is 5.88 Å². The molecule has 0 aliphatic rings. The van der Waals surface area contributed by atoms with Crippen LogP contribution in [0.15, 0.2) is 4.60 Å². The Kier molecular flexibility index (Phi) is 1.62. The number of nitrogens with zero attached hydrogens (tertiary/aromatic N) is 4. The van der Waals surface area contributed by atoms with Gasteiger partial charge >= 0.3 is 6.01 Å². The van der Waals surface area contributed by atoms with Crippen molar-refractivity contribution < 1.29 is 10.2 Å². The quantitative estimate of drug-likeness (QED) is 0.707. The highest BCUT2D eigenvalue weighted by Gasteiger charge is 2.14. The third-order valence-electron chi connectivity index (χ3n) is 1.61. The first-order valence-electron chi connectivity index (χ1n) is 3.38. The molecule has 0 saturated carbocycles. The predicted molar refractivity (Wildman–Crippen MR) is 47.3 cm³/mol. The fourth-order valence-corrected chi connectivity index (χ4v) is 1.62. The second kappa shape index (κ2) is 2.56. The monoisotopic (exact) mass is 244 g/mol. The summed E-state index contributed by atoms with van der Waals surface area (Å²) >= 11 is 3.14. The average Bonchev–Trinajstić information content (AvgIpc) is 2.27. The highest BCUT2D eigenvalue weighted by Crippen LogP contribution is 2.27. The van der Waals surface area contributed by atoms with Gasteiger partial charge in [-0.05, 0) is 15.9 Å². The maximum absolute atomic E-state index is 9.35. The minimum absolute atomic E-state index is 0.289. The molecule has 2 rings (SSSR count).